The van der Waals surface area contributed by atoms with Crippen LogP contribution in [-0.2, 0) is 13.1 Å². The number of nitrogens with one attached hydrogen (secondary N) is 1. The van der Waals surface area contributed by atoms with Gasteiger partial charge < -0.3 is 5.32 Å². The van der Waals surface area contributed by atoms with Crippen LogP contribution in [0.3, 0.4) is 0 Å². The second-order valence-corrected chi connectivity index (χ2v) is 7.59. The highest BCUT2D eigenvalue weighted by atomic mass is 32.1. The Balaban J connectivity index is 1.67. The molecule has 4 aromatic rings. The van der Waals surface area contributed by atoms with Crippen LogP contribution < -0.4 is 16.6 Å². The van der Waals surface area contributed by atoms with Crippen LogP contribution in [0.4, 0.5) is 0 Å². The molecule has 3 aromatic heterocycles. The molecule has 0 spiro atoms. The standard InChI is InChI=1S/C21H18N4O3S/c1-14-19(27)24(12-15-7-3-2-4-8-15)21(28)25-13-17(29-20(14)25)18(26)23-11-16-9-5-6-10-22-16/h2-10,13H,11-12H2,1H3,(H,23,26). The van der Waals surface area contributed by atoms with E-state index in [1.54, 1.807) is 19.2 Å². The molecule has 0 aliphatic carbocycles. The first-order chi connectivity index (χ1) is 14.0. The van der Waals surface area contributed by atoms with E-state index in [1.165, 1.54) is 15.2 Å². The minimum absolute atomic E-state index is 0.180. The number of aromatic nitrogens is 3. The summed E-state index contributed by atoms with van der Waals surface area (Å²) in [6.07, 6.45) is 3.15. The quantitative estimate of drug-likeness (QED) is 0.551. The van der Waals surface area contributed by atoms with E-state index in [0.29, 0.717) is 15.3 Å². The van der Waals surface area contributed by atoms with Crippen molar-refractivity contribution in [1.29, 1.82) is 0 Å². The number of rotatable bonds is 5. The van der Waals surface area contributed by atoms with Crippen molar-refractivity contribution in [3.05, 3.63) is 103 Å². The highest BCUT2D eigenvalue weighted by Crippen LogP contribution is 2.18. The van der Waals surface area contributed by atoms with Gasteiger partial charge in [0.05, 0.1) is 18.8 Å². The van der Waals surface area contributed by atoms with E-state index < -0.39 is 5.69 Å². The van der Waals surface area contributed by atoms with Crippen molar-refractivity contribution in [2.75, 3.05) is 0 Å². The van der Waals surface area contributed by atoms with Crippen LogP contribution in [0, 0.1) is 6.92 Å². The Kier molecular flexibility index (Phi) is 5.09. The number of benzene rings is 1. The zero-order valence-corrected chi connectivity index (χ0v) is 16.5. The molecule has 0 unspecified atom stereocenters. The third kappa shape index (κ3) is 3.74. The van der Waals surface area contributed by atoms with Gasteiger partial charge in [0.2, 0.25) is 0 Å². The zero-order valence-electron chi connectivity index (χ0n) is 15.7. The number of hydrogen-bond acceptors (Lipinski definition) is 5. The van der Waals surface area contributed by atoms with E-state index in [0.717, 1.165) is 22.6 Å². The van der Waals surface area contributed by atoms with Crippen molar-refractivity contribution < 1.29 is 4.79 Å². The van der Waals surface area contributed by atoms with Gasteiger partial charge in [-0.2, -0.15) is 0 Å². The fourth-order valence-electron chi connectivity index (χ4n) is 3.04. The Morgan fingerprint density at radius 1 is 1.10 bits per heavy atom. The molecule has 0 saturated heterocycles. The Bertz CT molecular complexity index is 1290. The van der Waals surface area contributed by atoms with E-state index >= 15 is 0 Å². The number of amides is 1. The maximum atomic E-state index is 12.9. The van der Waals surface area contributed by atoms with E-state index in [-0.39, 0.29) is 24.6 Å². The van der Waals surface area contributed by atoms with Gasteiger partial charge in [-0.3, -0.25) is 23.5 Å². The smallest absolute Gasteiger partial charge is 0.336 e. The maximum absolute atomic E-state index is 12.9. The van der Waals surface area contributed by atoms with Crippen molar-refractivity contribution in [1.82, 2.24) is 19.3 Å². The highest BCUT2D eigenvalue weighted by Gasteiger charge is 2.17. The van der Waals surface area contributed by atoms with Crippen LogP contribution >= 0.6 is 11.3 Å². The second-order valence-electron chi connectivity index (χ2n) is 6.56. The van der Waals surface area contributed by atoms with Gasteiger partial charge in [-0.05, 0) is 24.6 Å². The van der Waals surface area contributed by atoms with Crippen LogP contribution in [0.15, 0.2) is 70.5 Å². The first-order valence-corrected chi connectivity index (χ1v) is 9.84. The lowest BCUT2D eigenvalue weighted by Gasteiger charge is -2.07. The second kappa shape index (κ2) is 7.84. The normalized spacial score (nSPS) is 10.9. The van der Waals surface area contributed by atoms with Gasteiger partial charge in [0.1, 0.15) is 9.71 Å². The van der Waals surface area contributed by atoms with Gasteiger partial charge in [-0.25, -0.2) is 4.79 Å². The first kappa shape index (κ1) is 18.8. The van der Waals surface area contributed by atoms with Gasteiger partial charge in [-0.1, -0.05) is 36.4 Å². The van der Waals surface area contributed by atoms with Gasteiger partial charge in [0, 0.05) is 18.0 Å². The molecule has 0 saturated carbocycles. The average Bonchev–Trinajstić information content (AvgIpc) is 3.21. The fourth-order valence-corrected chi connectivity index (χ4v) is 4.04. The molecule has 0 fully saturated rings. The summed E-state index contributed by atoms with van der Waals surface area (Å²) in [5.41, 5.74) is 1.22. The molecule has 0 aliphatic heterocycles. The van der Waals surface area contributed by atoms with Gasteiger partial charge in [-0.15, -0.1) is 11.3 Å². The Morgan fingerprint density at radius 2 is 1.86 bits per heavy atom. The molecule has 146 valence electrons. The molecular formula is C21H18N4O3S. The summed E-state index contributed by atoms with van der Waals surface area (Å²) < 4.78 is 2.57. The molecule has 1 N–H and O–H groups in total. The number of carbonyl (C=O) groups excluding carboxylic acids is 1. The predicted molar refractivity (Wildman–Crippen MR) is 111 cm³/mol. The fraction of sp³-hybridized carbons (Fsp3) is 0.143. The molecule has 4 rings (SSSR count). The average molecular weight is 406 g/mol. The number of carbonyl (C=O) groups is 1. The van der Waals surface area contributed by atoms with Crippen molar-refractivity contribution in [2.24, 2.45) is 0 Å². The van der Waals surface area contributed by atoms with Gasteiger partial charge in [0.15, 0.2) is 0 Å². The van der Waals surface area contributed by atoms with E-state index in [4.69, 9.17) is 0 Å². The van der Waals surface area contributed by atoms with Crippen LogP contribution in [0.1, 0.15) is 26.5 Å². The summed E-state index contributed by atoms with van der Waals surface area (Å²) in [7, 11) is 0. The van der Waals surface area contributed by atoms with E-state index in [9.17, 15) is 14.4 Å². The van der Waals surface area contributed by atoms with E-state index in [2.05, 4.69) is 10.3 Å². The highest BCUT2D eigenvalue weighted by molar-refractivity contribution is 7.19. The van der Waals surface area contributed by atoms with Crippen LogP contribution in [0.25, 0.3) is 4.83 Å². The lowest BCUT2D eigenvalue weighted by molar-refractivity contribution is 0.0954. The molecule has 1 aromatic carbocycles. The maximum Gasteiger partial charge on any atom is 0.336 e. The molecule has 7 nitrogen and oxygen atoms in total. The third-order valence-corrected chi connectivity index (χ3v) is 5.77. The molecule has 0 radical (unpaired) electrons. The van der Waals surface area contributed by atoms with Crippen molar-refractivity contribution in [3.63, 3.8) is 0 Å². The number of thiazole rings is 1. The number of nitrogens with zero attached hydrogens (tertiary/aromatic N) is 3. The summed E-state index contributed by atoms with van der Waals surface area (Å²) in [5.74, 6) is -0.315. The number of pyridine rings is 1. The molecule has 3 heterocycles. The largest absolute Gasteiger partial charge is 0.346 e. The summed E-state index contributed by atoms with van der Waals surface area (Å²) >= 11 is 1.13. The van der Waals surface area contributed by atoms with Crippen LogP contribution in [0.2, 0.25) is 0 Å². The topological polar surface area (TPSA) is 85.5 Å². The van der Waals surface area contributed by atoms with Crippen molar-refractivity contribution in [2.45, 2.75) is 20.0 Å². The van der Waals surface area contributed by atoms with Crippen molar-refractivity contribution >= 4 is 22.1 Å². The van der Waals surface area contributed by atoms with Gasteiger partial charge >= 0.3 is 5.69 Å². The molecular weight excluding hydrogens is 388 g/mol. The molecule has 29 heavy (non-hydrogen) atoms. The zero-order chi connectivity index (χ0) is 20.4. The van der Waals surface area contributed by atoms with Gasteiger partial charge in [0.25, 0.3) is 11.5 Å². The Hall–Kier alpha value is -3.52. The SMILES string of the molecule is Cc1c(=O)n(Cc2ccccc2)c(=O)n2cc(C(=O)NCc3ccccn3)sc12. The third-order valence-electron chi connectivity index (χ3n) is 4.56. The Labute approximate surface area is 169 Å². The molecule has 0 aliphatic rings. The minimum atomic E-state index is -0.459. The van der Waals surface area contributed by atoms with Crippen LogP contribution in [-0.4, -0.2) is 19.9 Å². The summed E-state index contributed by atoms with van der Waals surface area (Å²) in [5, 5.41) is 2.79. The predicted octanol–water partition coefficient (Wildman–Crippen LogP) is 2.20. The first-order valence-electron chi connectivity index (χ1n) is 9.02. The number of hydrogen-bond donors (Lipinski definition) is 1. The Morgan fingerprint density at radius 3 is 2.59 bits per heavy atom. The summed E-state index contributed by atoms with van der Waals surface area (Å²) in [6.45, 7) is 2.13. The summed E-state index contributed by atoms with van der Waals surface area (Å²) in [6, 6.07) is 14.8. The molecule has 0 atom stereocenters. The molecule has 8 heteroatoms. The number of aryl methyl sites for hydroxylation is 1. The minimum Gasteiger partial charge on any atom is -0.346 e. The van der Waals surface area contributed by atoms with Crippen molar-refractivity contribution in [3.8, 4) is 0 Å². The van der Waals surface area contributed by atoms with Crippen LogP contribution in [0.5, 0.6) is 0 Å². The molecule has 0 bridgehead atoms. The number of fused-ring (bicyclic) bond motifs is 1. The lowest BCUT2D eigenvalue weighted by Crippen LogP contribution is -2.38. The van der Waals surface area contributed by atoms with E-state index in [1.807, 2.05) is 42.5 Å². The summed E-state index contributed by atoms with van der Waals surface area (Å²) in [4.78, 5) is 43.2. The lowest BCUT2D eigenvalue weighted by atomic mass is 10.2. The monoisotopic (exact) mass is 406 g/mol. The molecule has 1 amide bonds.